The van der Waals surface area contributed by atoms with Crippen LogP contribution in [0.25, 0.3) is 34.1 Å². The first-order valence-corrected chi connectivity index (χ1v) is 12.4. The maximum Gasteiger partial charge on any atom is 0.280 e. The summed E-state index contributed by atoms with van der Waals surface area (Å²) in [6, 6.07) is 14.4. The van der Waals surface area contributed by atoms with Gasteiger partial charge in [0.15, 0.2) is 11.2 Å². The van der Waals surface area contributed by atoms with Gasteiger partial charge in [-0.15, -0.1) is 10.2 Å². The highest BCUT2D eigenvalue weighted by Gasteiger charge is 2.35. The number of fused-ring (bicyclic) bond motifs is 1. The van der Waals surface area contributed by atoms with Crippen molar-refractivity contribution in [1.29, 1.82) is 0 Å². The van der Waals surface area contributed by atoms with E-state index in [9.17, 15) is 19.8 Å². The molecule has 0 saturated carbocycles. The summed E-state index contributed by atoms with van der Waals surface area (Å²) in [5.74, 6) is 0.367. The molecule has 1 aliphatic heterocycles. The number of aromatic nitrogens is 6. The lowest BCUT2D eigenvalue weighted by atomic mass is 10.1. The predicted molar refractivity (Wildman–Crippen MR) is 143 cm³/mol. The Morgan fingerprint density at radius 3 is 2.62 bits per heavy atom. The highest BCUT2D eigenvalue weighted by Crippen LogP contribution is 2.33. The number of nitrogens with zero attached hydrogens (tertiary/aromatic N) is 5. The summed E-state index contributed by atoms with van der Waals surface area (Å²) in [7, 11) is 0. The Hall–Kier alpha value is -4.92. The third-order valence-corrected chi connectivity index (χ3v) is 6.40. The van der Waals surface area contributed by atoms with Gasteiger partial charge in [0.25, 0.3) is 5.56 Å². The van der Waals surface area contributed by atoms with Crippen LogP contribution in [0.15, 0.2) is 64.1 Å². The molecule has 0 spiro atoms. The summed E-state index contributed by atoms with van der Waals surface area (Å²) < 4.78 is 13.1. The second-order valence-corrected chi connectivity index (χ2v) is 9.20. The zero-order valence-electron chi connectivity index (χ0n) is 21.1. The molecule has 2 aromatic carbocycles. The van der Waals surface area contributed by atoms with Crippen LogP contribution >= 0.6 is 0 Å². The van der Waals surface area contributed by atoms with Crippen LogP contribution in [0.1, 0.15) is 19.6 Å². The standard InChI is InChI=1S/C26H24N8O6/c1-13(36)28-16-8-7-15(25-33-32-24(40-25)14-5-3-2-4-6-14)9-17(16)29-26-30-22-21(23(38)31-26)27-12-34(22)20-10-18(37)19(11-35)39-20/h2-9,12,18-20,35,37H,10-11H2,1H3,(H,28,36)(H2,29,30,31,38)/t18?,19-,20-/m1/s1. The Balaban J connectivity index is 1.36. The molecule has 0 bridgehead atoms. The number of aromatic amines is 1. The van der Waals surface area contributed by atoms with Crippen LogP contribution in [-0.4, -0.2) is 64.7 Å². The van der Waals surface area contributed by atoms with Crippen molar-refractivity contribution in [1.82, 2.24) is 29.7 Å². The molecule has 1 amide bonds. The number of H-pyrrole nitrogens is 1. The number of aliphatic hydroxyl groups excluding tert-OH is 2. The van der Waals surface area contributed by atoms with Crippen LogP contribution in [-0.2, 0) is 9.53 Å². The zero-order valence-corrected chi connectivity index (χ0v) is 21.1. The predicted octanol–water partition coefficient (Wildman–Crippen LogP) is 2.18. The van der Waals surface area contributed by atoms with Crippen molar-refractivity contribution in [2.24, 2.45) is 0 Å². The molecule has 1 fully saturated rings. The first-order valence-electron chi connectivity index (χ1n) is 12.4. The van der Waals surface area contributed by atoms with Gasteiger partial charge in [-0.05, 0) is 30.3 Å². The van der Waals surface area contributed by atoms with E-state index in [0.29, 0.717) is 22.8 Å². The fourth-order valence-corrected chi connectivity index (χ4v) is 4.49. The third kappa shape index (κ3) is 4.82. The number of ether oxygens (including phenoxy) is 1. The maximum atomic E-state index is 12.8. The van der Waals surface area contributed by atoms with E-state index in [1.54, 1.807) is 18.2 Å². The van der Waals surface area contributed by atoms with Crippen molar-refractivity contribution < 1.29 is 24.2 Å². The molecule has 5 N–H and O–H groups in total. The van der Waals surface area contributed by atoms with Crippen molar-refractivity contribution in [3.8, 4) is 22.9 Å². The summed E-state index contributed by atoms with van der Waals surface area (Å²) >= 11 is 0. The number of hydrogen-bond donors (Lipinski definition) is 5. The molecule has 5 aromatic rings. The number of imidazole rings is 1. The zero-order chi connectivity index (χ0) is 27.8. The normalized spacial score (nSPS) is 18.7. The van der Waals surface area contributed by atoms with Gasteiger partial charge in [-0.25, -0.2) is 4.98 Å². The average Bonchev–Trinajstić information content (AvgIpc) is 3.68. The van der Waals surface area contributed by atoms with Crippen LogP contribution < -0.4 is 16.2 Å². The van der Waals surface area contributed by atoms with Crippen LogP contribution in [0.3, 0.4) is 0 Å². The van der Waals surface area contributed by atoms with Crippen LogP contribution in [0.5, 0.6) is 0 Å². The first kappa shape index (κ1) is 25.4. The van der Waals surface area contributed by atoms with E-state index in [4.69, 9.17) is 9.15 Å². The lowest BCUT2D eigenvalue weighted by Gasteiger charge is -2.15. The fourth-order valence-electron chi connectivity index (χ4n) is 4.49. The quantitative estimate of drug-likeness (QED) is 0.202. The molecule has 204 valence electrons. The number of nitrogens with one attached hydrogen (secondary N) is 3. The lowest BCUT2D eigenvalue weighted by molar-refractivity contribution is -0.114. The molecule has 1 aliphatic rings. The maximum absolute atomic E-state index is 12.8. The Morgan fingerprint density at radius 2 is 1.90 bits per heavy atom. The molecular formula is C26H24N8O6. The number of benzene rings is 2. The highest BCUT2D eigenvalue weighted by molar-refractivity contribution is 5.94. The minimum absolute atomic E-state index is 0.0655. The minimum atomic E-state index is -0.873. The van der Waals surface area contributed by atoms with Crippen molar-refractivity contribution in [3.05, 3.63) is 65.2 Å². The van der Waals surface area contributed by atoms with E-state index in [-0.39, 0.29) is 41.9 Å². The van der Waals surface area contributed by atoms with Crippen LogP contribution in [0.2, 0.25) is 0 Å². The van der Waals surface area contributed by atoms with E-state index in [0.717, 1.165) is 5.56 Å². The summed E-state index contributed by atoms with van der Waals surface area (Å²) in [5, 5.41) is 33.7. The monoisotopic (exact) mass is 544 g/mol. The van der Waals surface area contributed by atoms with E-state index in [2.05, 4.69) is 35.8 Å². The Kier molecular flexibility index (Phi) is 6.55. The van der Waals surface area contributed by atoms with Gasteiger partial charge in [0, 0.05) is 24.5 Å². The van der Waals surface area contributed by atoms with Gasteiger partial charge in [0.2, 0.25) is 23.6 Å². The van der Waals surface area contributed by atoms with Gasteiger partial charge < -0.3 is 30.0 Å². The van der Waals surface area contributed by atoms with Crippen molar-refractivity contribution in [2.75, 3.05) is 17.2 Å². The van der Waals surface area contributed by atoms with Crippen LogP contribution in [0.4, 0.5) is 17.3 Å². The largest absolute Gasteiger partial charge is 0.416 e. The van der Waals surface area contributed by atoms with Crippen LogP contribution in [0, 0.1) is 0 Å². The average molecular weight is 545 g/mol. The number of rotatable bonds is 7. The number of hydrogen-bond acceptors (Lipinski definition) is 11. The molecule has 3 atom stereocenters. The van der Waals surface area contributed by atoms with E-state index < -0.39 is 24.0 Å². The first-order chi connectivity index (χ1) is 19.4. The van der Waals surface area contributed by atoms with E-state index >= 15 is 0 Å². The van der Waals surface area contributed by atoms with E-state index in [1.807, 2.05) is 30.3 Å². The highest BCUT2D eigenvalue weighted by atomic mass is 16.5. The molecule has 1 unspecified atom stereocenters. The molecular weight excluding hydrogens is 520 g/mol. The number of anilines is 3. The molecule has 0 radical (unpaired) electrons. The SMILES string of the molecule is CC(=O)Nc1ccc(-c2nnc(-c3ccccc3)o2)cc1Nc1nc2c(ncn2[C@H]2CC(O)[C@@H](CO)O2)c(=O)[nH]1. The Bertz CT molecular complexity index is 1750. The Morgan fingerprint density at radius 1 is 1.12 bits per heavy atom. The number of carbonyl (C=O) groups is 1. The summed E-state index contributed by atoms with van der Waals surface area (Å²) in [5.41, 5.74) is 1.92. The molecule has 4 heterocycles. The van der Waals surface area contributed by atoms with Gasteiger partial charge in [0.1, 0.15) is 12.3 Å². The molecule has 14 heteroatoms. The fraction of sp³-hybridized carbons (Fsp3) is 0.231. The number of aliphatic hydroxyl groups is 2. The molecule has 1 saturated heterocycles. The van der Waals surface area contributed by atoms with E-state index in [1.165, 1.54) is 17.8 Å². The van der Waals surface area contributed by atoms with Gasteiger partial charge in [0.05, 0.1) is 30.4 Å². The molecule has 14 nitrogen and oxygen atoms in total. The minimum Gasteiger partial charge on any atom is -0.416 e. The molecule has 40 heavy (non-hydrogen) atoms. The molecule has 6 rings (SSSR count). The summed E-state index contributed by atoms with van der Waals surface area (Å²) in [6.45, 7) is 1.03. The van der Waals surface area contributed by atoms with Gasteiger partial charge in [-0.3, -0.25) is 19.1 Å². The smallest absolute Gasteiger partial charge is 0.280 e. The topological polar surface area (TPSA) is 193 Å². The summed E-state index contributed by atoms with van der Waals surface area (Å²) in [6.07, 6.45) is -0.706. The number of amides is 1. The van der Waals surface area contributed by atoms with Gasteiger partial charge in [-0.2, -0.15) is 4.98 Å². The third-order valence-electron chi connectivity index (χ3n) is 6.40. The summed E-state index contributed by atoms with van der Waals surface area (Å²) in [4.78, 5) is 36.0. The van der Waals surface area contributed by atoms with Crippen molar-refractivity contribution in [3.63, 3.8) is 0 Å². The molecule has 0 aliphatic carbocycles. The van der Waals surface area contributed by atoms with Crippen molar-refractivity contribution in [2.45, 2.75) is 31.8 Å². The Labute approximate surface area is 225 Å². The lowest BCUT2D eigenvalue weighted by Crippen LogP contribution is -2.24. The second kappa shape index (κ2) is 10.3. The van der Waals surface area contributed by atoms with Gasteiger partial charge >= 0.3 is 0 Å². The second-order valence-electron chi connectivity index (χ2n) is 9.20. The number of carbonyl (C=O) groups excluding carboxylic acids is 1. The molecule has 3 aromatic heterocycles. The van der Waals surface area contributed by atoms with Crippen molar-refractivity contribution >= 4 is 34.4 Å². The van der Waals surface area contributed by atoms with Gasteiger partial charge in [-0.1, -0.05) is 18.2 Å².